The summed E-state index contributed by atoms with van der Waals surface area (Å²) < 4.78 is 15.0. The molecule has 0 bridgehead atoms. The maximum absolute atomic E-state index is 13.6. The quantitative estimate of drug-likeness (QED) is 0.460. The highest BCUT2D eigenvalue weighted by molar-refractivity contribution is 5.74. The average molecular weight is 445 g/mol. The molecule has 1 aromatic heterocycles. The predicted molar refractivity (Wildman–Crippen MR) is 127 cm³/mol. The SMILES string of the molecule is C=[N+](C(=O)N1CCC2(CC1)Cc1cnc(NC)nc1-c1ccccc12)c1ccc(F)c(C)c1. The Labute approximate surface area is 192 Å². The largest absolute Gasteiger partial charge is 0.497 e. The third-order valence-electron chi connectivity index (χ3n) is 7.05. The van der Waals surface area contributed by atoms with Crippen LogP contribution in [0.4, 0.5) is 20.8 Å². The lowest BCUT2D eigenvalue weighted by Gasteiger charge is -2.43. The number of piperidine rings is 1. The van der Waals surface area contributed by atoms with Gasteiger partial charge in [0.1, 0.15) is 11.5 Å². The van der Waals surface area contributed by atoms with Crippen molar-refractivity contribution in [3.05, 3.63) is 71.2 Å². The Morgan fingerprint density at radius 1 is 1.21 bits per heavy atom. The molecule has 2 aromatic carbocycles. The number of carbonyl (C=O) groups is 1. The fourth-order valence-electron chi connectivity index (χ4n) is 5.15. The number of benzene rings is 2. The number of fused-ring (bicyclic) bond motifs is 4. The minimum Gasteiger partial charge on any atom is -0.357 e. The molecular formula is C26H27FN5O+. The molecule has 0 radical (unpaired) electrons. The summed E-state index contributed by atoms with van der Waals surface area (Å²) >= 11 is 0. The van der Waals surface area contributed by atoms with E-state index in [1.165, 1.54) is 16.2 Å². The smallest absolute Gasteiger partial charge is 0.357 e. The van der Waals surface area contributed by atoms with E-state index >= 15 is 0 Å². The van der Waals surface area contributed by atoms with Crippen LogP contribution in [-0.2, 0) is 11.8 Å². The third kappa shape index (κ3) is 3.57. The maximum Gasteiger partial charge on any atom is 0.497 e. The fraction of sp³-hybridized carbons (Fsp3) is 0.308. The predicted octanol–water partition coefficient (Wildman–Crippen LogP) is 4.69. The van der Waals surface area contributed by atoms with Gasteiger partial charge in [0.05, 0.1) is 25.5 Å². The van der Waals surface area contributed by atoms with Crippen LogP contribution < -0.4 is 5.32 Å². The molecule has 3 aromatic rings. The summed E-state index contributed by atoms with van der Waals surface area (Å²) in [6, 6.07) is 12.9. The number of aromatic nitrogens is 2. The van der Waals surface area contributed by atoms with Crippen molar-refractivity contribution in [3.8, 4) is 11.3 Å². The Hall–Kier alpha value is -3.61. The van der Waals surface area contributed by atoms with Gasteiger partial charge in [0.15, 0.2) is 0 Å². The Bertz CT molecular complexity index is 1260. The number of rotatable bonds is 2. The summed E-state index contributed by atoms with van der Waals surface area (Å²) in [7, 11) is 1.82. The van der Waals surface area contributed by atoms with E-state index in [0.29, 0.717) is 30.3 Å². The average Bonchev–Trinajstić information content (AvgIpc) is 2.85. The summed E-state index contributed by atoms with van der Waals surface area (Å²) in [4.78, 5) is 24.2. The molecule has 1 fully saturated rings. The van der Waals surface area contributed by atoms with Gasteiger partial charge in [-0.05, 0) is 61.1 Å². The Kier molecular flexibility index (Phi) is 5.19. The topological polar surface area (TPSA) is 61.1 Å². The molecule has 0 atom stereocenters. The number of aryl methyl sites for hydroxylation is 1. The van der Waals surface area contributed by atoms with Crippen LogP contribution in [0.15, 0.2) is 48.7 Å². The lowest BCUT2D eigenvalue weighted by molar-refractivity contribution is -0.335. The van der Waals surface area contributed by atoms with Gasteiger partial charge in [0.2, 0.25) is 5.95 Å². The molecule has 2 amide bonds. The summed E-state index contributed by atoms with van der Waals surface area (Å²) in [5.41, 5.74) is 5.62. The number of hydrogen-bond acceptors (Lipinski definition) is 4. The van der Waals surface area contributed by atoms with Crippen molar-refractivity contribution in [3.63, 3.8) is 0 Å². The Morgan fingerprint density at radius 2 is 1.97 bits per heavy atom. The van der Waals surface area contributed by atoms with E-state index in [0.717, 1.165) is 36.1 Å². The minimum atomic E-state index is -0.290. The zero-order valence-corrected chi connectivity index (χ0v) is 18.9. The lowest BCUT2D eigenvalue weighted by atomic mass is 9.64. The van der Waals surface area contributed by atoms with Gasteiger partial charge in [-0.1, -0.05) is 24.3 Å². The van der Waals surface area contributed by atoms with Crippen LogP contribution >= 0.6 is 0 Å². The van der Waals surface area contributed by atoms with Gasteiger partial charge in [0, 0.05) is 24.2 Å². The summed E-state index contributed by atoms with van der Waals surface area (Å²) in [6.07, 6.45) is 4.48. The number of amides is 2. The molecule has 168 valence electrons. The van der Waals surface area contributed by atoms with Gasteiger partial charge in [-0.2, -0.15) is 9.37 Å². The number of hydrogen-bond donors (Lipinski definition) is 1. The summed E-state index contributed by atoms with van der Waals surface area (Å²) in [5, 5.41) is 3.03. The van der Waals surface area contributed by atoms with E-state index < -0.39 is 0 Å². The van der Waals surface area contributed by atoms with E-state index in [-0.39, 0.29) is 17.3 Å². The molecule has 2 heterocycles. The number of carbonyl (C=O) groups excluding carboxylic acids is 1. The molecule has 2 aliphatic rings. The standard InChI is InChI=1S/C26H27FN5O/c1-17-14-19(8-9-22(17)27)31(3)25(33)32-12-10-26(11-13-32)15-18-16-29-24(28-2)30-23(18)20-6-4-5-7-21(20)26/h4-9,14,16H,3,10-13,15H2,1-2H3,(H,28,29,30)/q+1. The summed E-state index contributed by atoms with van der Waals surface area (Å²) in [5.74, 6) is 0.327. The highest BCUT2D eigenvalue weighted by Gasteiger charge is 2.45. The van der Waals surface area contributed by atoms with Crippen molar-refractivity contribution >= 4 is 24.4 Å². The normalized spacial score (nSPS) is 16.2. The molecule has 0 unspecified atom stereocenters. The zero-order chi connectivity index (χ0) is 23.2. The van der Waals surface area contributed by atoms with Crippen molar-refractivity contribution in [2.45, 2.75) is 31.6 Å². The lowest BCUT2D eigenvalue weighted by Crippen LogP contribution is -2.48. The second-order valence-corrected chi connectivity index (χ2v) is 8.95. The van der Waals surface area contributed by atoms with E-state index in [4.69, 9.17) is 4.98 Å². The van der Waals surface area contributed by atoms with Gasteiger partial charge in [0.25, 0.3) is 0 Å². The highest BCUT2D eigenvalue weighted by atomic mass is 19.1. The van der Waals surface area contributed by atoms with Gasteiger partial charge in [-0.25, -0.2) is 19.3 Å². The van der Waals surface area contributed by atoms with Crippen LogP contribution in [-0.4, -0.2) is 52.3 Å². The Balaban J connectivity index is 1.39. The maximum atomic E-state index is 13.6. The van der Waals surface area contributed by atoms with Crippen LogP contribution in [0.2, 0.25) is 0 Å². The van der Waals surface area contributed by atoms with Gasteiger partial charge < -0.3 is 5.32 Å². The highest BCUT2D eigenvalue weighted by Crippen LogP contribution is 2.48. The molecule has 33 heavy (non-hydrogen) atoms. The number of nitrogens with zero attached hydrogens (tertiary/aromatic N) is 4. The number of urea groups is 1. The molecular weight excluding hydrogens is 417 g/mol. The number of nitrogens with one attached hydrogen (secondary N) is 1. The molecule has 7 heteroatoms. The number of anilines is 1. The van der Waals surface area contributed by atoms with Crippen molar-refractivity contribution in [1.82, 2.24) is 14.9 Å². The number of likely N-dealkylation sites (tertiary alicyclic amines) is 1. The van der Waals surface area contributed by atoms with E-state index in [2.05, 4.69) is 35.2 Å². The van der Waals surface area contributed by atoms with E-state index in [1.54, 1.807) is 19.1 Å². The third-order valence-corrected chi connectivity index (χ3v) is 7.05. The van der Waals surface area contributed by atoms with Crippen LogP contribution in [0.5, 0.6) is 0 Å². The van der Waals surface area contributed by atoms with Crippen molar-refractivity contribution in [2.24, 2.45) is 0 Å². The van der Waals surface area contributed by atoms with Crippen LogP contribution in [0, 0.1) is 12.7 Å². The molecule has 1 saturated heterocycles. The van der Waals surface area contributed by atoms with Gasteiger partial charge >= 0.3 is 6.03 Å². The first-order chi connectivity index (χ1) is 15.9. The molecule has 0 saturated carbocycles. The fourth-order valence-corrected chi connectivity index (χ4v) is 5.15. The Morgan fingerprint density at radius 3 is 2.70 bits per heavy atom. The van der Waals surface area contributed by atoms with Crippen molar-refractivity contribution in [1.29, 1.82) is 0 Å². The minimum absolute atomic E-state index is 0.0522. The van der Waals surface area contributed by atoms with Crippen molar-refractivity contribution < 1.29 is 13.8 Å². The number of halogens is 1. The van der Waals surface area contributed by atoms with Crippen LogP contribution in [0.25, 0.3) is 11.3 Å². The molecule has 6 nitrogen and oxygen atoms in total. The zero-order valence-electron chi connectivity index (χ0n) is 18.9. The van der Waals surface area contributed by atoms with Crippen LogP contribution in [0.3, 0.4) is 0 Å². The van der Waals surface area contributed by atoms with E-state index in [1.807, 2.05) is 24.2 Å². The first kappa shape index (κ1) is 21.2. The molecule has 1 aliphatic heterocycles. The molecule has 1 spiro atoms. The van der Waals surface area contributed by atoms with Crippen LogP contribution in [0.1, 0.15) is 29.5 Å². The van der Waals surface area contributed by atoms with Crippen molar-refractivity contribution in [2.75, 3.05) is 25.5 Å². The molecule has 1 N–H and O–H groups in total. The first-order valence-electron chi connectivity index (χ1n) is 11.2. The molecule has 1 aliphatic carbocycles. The van der Waals surface area contributed by atoms with E-state index in [9.17, 15) is 9.18 Å². The second-order valence-electron chi connectivity index (χ2n) is 8.95. The monoisotopic (exact) mass is 444 g/mol. The second kappa shape index (κ2) is 8.06. The molecule has 5 rings (SSSR count). The van der Waals surface area contributed by atoms with Gasteiger partial charge in [-0.3, -0.25) is 0 Å². The summed E-state index contributed by atoms with van der Waals surface area (Å²) in [6.45, 7) is 6.88. The van der Waals surface area contributed by atoms with Gasteiger partial charge in [-0.15, -0.1) is 0 Å². The first-order valence-corrected chi connectivity index (χ1v) is 11.2.